The molecule has 0 saturated heterocycles. The topological polar surface area (TPSA) is 89.8 Å². The van der Waals surface area contributed by atoms with Gasteiger partial charge in [0.15, 0.2) is 0 Å². The lowest BCUT2D eigenvalue weighted by atomic mass is 10.0. The third-order valence-corrected chi connectivity index (χ3v) is 12.0. The Labute approximate surface area is 362 Å². The molecule has 1 amide bonds. The summed E-state index contributed by atoms with van der Waals surface area (Å²) in [6, 6.07) is -0.817. The quantitative estimate of drug-likeness (QED) is 0.0364. The van der Waals surface area contributed by atoms with Crippen molar-refractivity contribution < 1.29 is 20.1 Å². The van der Waals surface area contributed by atoms with Crippen molar-refractivity contribution in [2.75, 3.05) is 6.61 Å². The fourth-order valence-corrected chi connectivity index (χ4v) is 7.90. The van der Waals surface area contributed by atoms with Crippen LogP contribution in [0.1, 0.15) is 271 Å². The lowest BCUT2D eigenvalue weighted by molar-refractivity contribution is -0.131. The van der Waals surface area contributed by atoms with E-state index in [1.807, 2.05) is 6.08 Å². The van der Waals surface area contributed by atoms with E-state index >= 15 is 0 Å². The Morgan fingerprint density at radius 1 is 0.414 bits per heavy atom. The van der Waals surface area contributed by atoms with Crippen LogP contribution in [0, 0.1) is 0 Å². The van der Waals surface area contributed by atoms with Gasteiger partial charge in [-0.15, -0.1) is 0 Å². The average Bonchev–Trinajstić information content (AvgIpc) is 3.23. The van der Waals surface area contributed by atoms with E-state index in [-0.39, 0.29) is 6.61 Å². The van der Waals surface area contributed by atoms with Crippen LogP contribution >= 0.6 is 0 Å². The minimum Gasteiger partial charge on any atom is -0.394 e. The van der Waals surface area contributed by atoms with Crippen LogP contribution in [0.25, 0.3) is 0 Å². The van der Waals surface area contributed by atoms with Crippen LogP contribution in [-0.4, -0.2) is 46.1 Å². The van der Waals surface area contributed by atoms with Crippen molar-refractivity contribution in [3.05, 3.63) is 36.5 Å². The number of allylic oxidation sites excluding steroid dienone is 5. The highest BCUT2D eigenvalue weighted by Crippen LogP contribution is 2.16. The maximum atomic E-state index is 12.5. The first kappa shape index (κ1) is 56.6. The molecule has 0 aliphatic heterocycles. The van der Waals surface area contributed by atoms with Crippen LogP contribution < -0.4 is 5.32 Å². The molecular formula is C53H101NO4. The molecule has 0 aromatic rings. The van der Waals surface area contributed by atoms with E-state index in [9.17, 15) is 20.1 Å². The number of rotatable bonds is 47. The number of hydrogen-bond acceptors (Lipinski definition) is 4. The zero-order valence-electron chi connectivity index (χ0n) is 38.9. The zero-order valence-corrected chi connectivity index (χ0v) is 38.9. The van der Waals surface area contributed by atoms with Crippen molar-refractivity contribution in [1.29, 1.82) is 0 Å². The standard InChI is InChI=1S/C53H101NO4/c1-3-5-7-9-11-13-15-17-19-21-23-25-26-28-29-31-33-35-37-39-41-43-45-47-51(56)50(49-55)54-53(58)52(57)48-46-44-42-40-38-36-34-32-30-27-24-22-20-18-16-14-12-10-8-6-4-2/h30,32,37,39,45,47,50-52,55-57H,3-29,31,33-36,38,40-44,46,48-49H2,1-2H3,(H,54,58)/b32-30-,39-37+,47-45+. The summed E-state index contributed by atoms with van der Waals surface area (Å²) < 4.78 is 0. The fourth-order valence-electron chi connectivity index (χ4n) is 7.90. The maximum absolute atomic E-state index is 12.5. The summed E-state index contributed by atoms with van der Waals surface area (Å²) in [4.78, 5) is 12.5. The molecule has 0 spiro atoms. The third-order valence-electron chi connectivity index (χ3n) is 12.0. The number of aliphatic hydroxyl groups excluding tert-OH is 3. The monoisotopic (exact) mass is 816 g/mol. The predicted octanol–water partition coefficient (Wildman–Crippen LogP) is 15.5. The molecule has 0 bridgehead atoms. The lowest BCUT2D eigenvalue weighted by Crippen LogP contribution is -2.48. The summed E-state index contributed by atoms with van der Waals surface area (Å²) in [7, 11) is 0. The van der Waals surface area contributed by atoms with E-state index in [1.54, 1.807) is 6.08 Å². The smallest absolute Gasteiger partial charge is 0.249 e. The SMILES string of the molecule is CCCCCCCCCCCCC/C=C\CCCCCCCCC(O)C(=O)NC(CO)C(O)/C=C/CC/C=C/CCCCCCCCCCCCCCCCCCC. The number of nitrogens with one attached hydrogen (secondary N) is 1. The summed E-state index contributed by atoms with van der Waals surface area (Å²) in [5, 5.41) is 33.3. The maximum Gasteiger partial charge on any atom is 0.249 e. The van der Waals surface area contributed by atoms with Crippen molar-refractivity contribution in [2.24, 2.45) is 0 Å². The number of carbonyl (C=O) groups excluding carboxylic acids is 1. The van der Waals surface area contributed by atoms with Crippen LogP contribution in [0.15, 0.2) is 36.5 Å². The summed E-state index contributed by atoms with van der Waals surface area (Å²) >= 11 is 0. The summed E-state index contributed by atoms with van der Waals surface area (Å²) in [6.07, 6.45) is 62.0. The van der Waals surface area contributed by atoms with E-state index in [0.29, 0.717) is 6.42 Å². The van der Waals surface area contributed by atoms with Crippen molar-refractivity contribution in [3.63, 3.8) is 0 Å². The molecule has 4 N–H and O–H groups in total. The van der Waals surface area contributed by atoms with Crippen LogP contribution in [0.4, 0.5) is 0 Å². The van der Waals surface area contributed by atoms with Gasteiger partial charge >= 0.3 is 0 Å². The molecular weight excluding hydrogens is 715 g/mol. The average molecular weight is 816 g/mol. The van der Waals surface area contributed by atoms with E-state index in [1.165, 1.54) is 212 Å². The Bertz CT molecular complexity index is 901. The molecule has 3 atom stereocenters. The van der Waals surface area contributed by atoms with Crippen molar-refractivity contribution in [2.45, 2.75) is 289 Å². The van der Waals surface area contributed by atoms with Gasteiger partial charge in [0.2, 0.25) is 5.91 Å². The number of carbonyl (C=O) groups is 1. The van der Waals surface area contributed by atoms with E-state index in [0.717, 1.165) is 38.5 Å². The molecule has 0 rings (SSSR count). The number of hydrogen-bond donors (Lipinski definition) is 4. The minimum atomic E-state index is -1.11. The van der Waals surface area contributed by atoms with E-state index in [2.05, 4.69) is 43.5 Å². The summed E-state index contributed by atoms with van der Waals surface area (Å²) in [6.45, 7) is 4.19. The van der Waals surface area contributed by atoms with Crippen molar-refractivity contribution >= 4 is 5.91 Å². The molecule has 5 nitrogen and oxygen atoms in total. The van der Waals surface area contributed by atoms with E-state index in [4.69, 9.17) is 0 Å². The molecule has 58 heavy (non-hydrogen) atoms. The van der Waals surface area contributed by atoms with Gasteiger partial charge in [-0.1, -0.05) is 249 Å². The highest BCUT2D eigenvalue weighted by molar-refractivity contribution is 5.80. The summed E-state index contributed by atoms with van der Waals surface area (Å²) in [5.74, 6) is -0.515. The lowest BCUT2D eigenvalue weighted by Gasteiger charge is -2.21. The fraction of sp³-hybridized carbons (Fsp3) is 0.868. The third kappa shape index (κ3) is 42.7. The van der Waals surface area contributed by atoms with Gasteiger partial charge in [-0.3, -0.25) is 4.79 Å². The molecule has 0 fully saturated rings. The first-order valence-corrected chi connectivity index (χ1v) is 25.8. The van der Waals surface area contributed by atoms with Gasteiger partial charge in [-0.2, -0.15) is 0 Å². The first-order valence-electron chi connectivity index (χ1n) is 25.8. The molecule has 0 heterocycles. The van der Waals surface area contributed by atoms with Gasteiger partial charge < -0.3 is 20.6 Å². The zero-order chi connectivity index (χ0) is 42.3. The van der Waals surface area contributed by atoms with Gasteiger partial charge in [-0.25, -0.2) is 0 Å². The van der Waals surface area contributed by atoms with Crippen LogP contribution in [-0.2, 0) is 4.79 Å². The van der Waals surface area contributed by atoms with Crippen LogP contribution in [0.3, 0.4) is 0 Å². The minimum absolute atomic E-state index is 0.377. The Kier molecular flexibility index (Phi) is 47.0. The van der Waals surface area contributed by atoms with Gasteiger partial charge in [0.05, 0.1) is 18.8 Å². The Balaban J connectivity index is 3.66. The molecule has 3 unspecified atom stereocenters. The second kappa shape index (κ2) is 48.2. The van der Waals surface area contributed by atoms with Gasteiger partial charge in [-0.05, 0) is 57.8 Å². The van der Waals surface area contributed by atoms with Crippen molar-refractivity contribution in [1.82, 2.24) is 5.32 Å². The number of amides is 1. The highest BCUT2D eigenvalue weighted by Gasteiger charge is 2.22. The van der Waals surface area contributed by atoms with Crippen LogP contribution in [0.5, 0.6) is 0 Å². The van der Waals surface area contributed by atoms with E-state index < -0.39 is 24.2 Å². The molecule has 342 valence electrons. The number of aliphatic hydroxyl groups is 3. The second-order valence-electron chi connectivity index (χ2n) is 17.7. The predicted molar refractivity (Wildman–Crippen MR) is 254 cm³/mol. The Morgan fingerprint density at radius 2 is 0.707 bits per heavy atom. The molecule has 0 saturated carbocycles. The largest absolute Gasteiger partial charge is 0.394 e. The summed E-state index contributed by atoms with van der Waals surface area (Å²) in [5.41, 5.74) is 0. The molecule has 0 radical (unpaired) electrons. The molecule has 0 aliphatic carbocycles. The molecule has 0 aromatic heterocycles. The van der Waals surface area contributed by atoms with Gasteiger partial charge in [0.1, 0.15) is 6.10 Å². The number of unbranched alkanes of at least 4 members (excludes halogenated alkanes) is 35. The second-order valence-corrected chi connectivity index (χ2v) is 17.7. The van der Waals surface area contributed by atoms with Crippen LogP contribution in [0.2, 0.25) is 0 Å². The van der Waals surface area contributed by atoms with Crippen molar-refractivity contribution in [3.8, 4) is 0 Å². The molecule has 0 aliphatic rings. The van der Waals surface area contributed by atoms with Gasteiger partial charge in [0.25, 0.3) is 0 Å². The van der Waals surface area contributed by atoms with Gasteiger partial charge in [0, 0.05) is 0 Å². The molecule has 5 heteroatoms. The first-order chi connectivity index (χ1) is 28.6. The normalized spacial score (nSPS) is 13.7. The molecule has 0 aromatic carbocycles. The Morgan fingerprint density at radius 3 is 1.05 bits per heavy atom. The Hall–Kier alpha value is -1.43. The highest BCUT2D eigenvalue weighted by atomic mass is 16.3.